The van der Waals surface area contributed by atoms with Crippen molar-refractivity contribution < 1.29 is 9.53 Å². The number of carbonyl (C=O) groups excluding carboxylic acids is 1. The highest BCUT2D eigenvalue weighted by Gasteiger charge is 2.32. The Hall–Kier alpha value is -3.15. The van der Waals surface area contributed by atoms with Crippen LogP contribution in [0.3, 0.4) is 0 Å². The lowest BCUT2D eigenvalue weighted by atomic mass is 10.0. The maximum absolute atomic E-state index is 12.5. The van der Waals surface area contributed by atoms with Crippen molar-refractivity contribution in [3.05, 3.63) is 66.6 Å². The molecule has 0 unspecified atom stereocenters. The Morgan fingerprint density at radius 3 is 2.80 bits per heavy atom. The number of pyridine rings is 1. The van der Waals surface area contributed by atoms with E-state index in [0.717, 1.165) is 17.0 Å². The van der Waals surface area contributed by atoms with Crippen LogP contribution in [0, 0.1) is 5.92 Å². The van der Waals surface area contributed by atoms with Gasteiger partial charge in [-0.15, -0.1) is 0 Å². The molecule has 6 nitrogen and oxygen atoms in total. The molecular weight excluding hydrogens is 316 g/mol. The number of nitrogens with one attached hydrogen (secondary N) is 1. The maximum atomic E-state index is 12.5. The van der Waals surface area contributed by atoms with Crippen LogP contribution in [0.2, 0.25) is 0 Å². The first kappa shape index (κ1) is 15.4. The largest absolute Gasteiger partial charge is 0.492 e. The molecule has 3 heterocycles. The quantitative estimate of drug-likeness (QED) is 0.778. The topological polar surface area (TPSA) is 71.1 Å². The number of ether oxygens (including phenoxy) is 1. The molecule has 1 N–H and O–H groups in total. The van der Waals surface area contributed by atoms with Crippen LogP contribution in [0.1, 0.15) is 10.5 Å². The van der Waals surface area contributed by atoms with Crippen LogP contribution in [-0.2, 0) is 0 Å². The number of amides is 1. The van der Waals surface area contributed by atoms with Crippen molar-refractivity contribution in [2.45, 2.75) is 0 Å². The fourth-order valence-corrected chi connectivity index (χ4v) is 2.85. The van der Waals surface area contributed by atoms with Gasteiger partial charge in [0, 0.05) is 30.8 Å². The second-order valence-electron chi connectivity index (χ2n) is 6.11. The molecule has 25 heavy (non-hydrogen) atoms. The molecule has 4 rings (SSSR count). The molecule has 0 atom stereocenters. The highest BCUT2D eigenvalue weighted by molar-refractivity contribution is 5.93. The highest BCUT2D eigenvalue weighted by Crippen LogP contribution is 2.22. The van der Waals surface area contributed by atoms with Crippen LogP contribution < -0.4 is 4.74 Å². The lowest BCUT2D eigenvalue weighted by molar-refractivity contribution is 0.0387. The van der Waals surface area contributed by atoms with Gasteiger partial charge < -0.3 is 9.64 Å². The number of aromatic nitrogens is 3. The van der Waals surface area contributed by atoms with Gasteiger partial charge in [0.25, 0.3) is 5.91 Å². The lowest BCUT2D eigenvalue weighted by Gasteiger charge is -2.38. The number of hydrogen-bond acceptors (Lipinski definition) is 4. The minimum absolute atomic E-state index is 0.0210. The molecule has 1 fully saturated rings. The zero-order chi connectivity index (χ0) is 17.1. The molecule has 2 aromatic heterocycles. The first-order valence-electron chi connectivity index (χ1n) is 8.22. The van der Waals surface area contributed by atoms with E-state index in [2.05, 4.69) is 15.2 Å². The zero-order valence-electron chi connectivity index (χ0n) is 13.6. The second-order valence-corrected chi connectivity index (χ2v) is 6.11. The van der Waals surface area contributed by atoms with Crippen molar-refractivity contribution in [2.75, 3.05) is 19.7 Å². The van der Waals surface area contributed by atoms with Gasteiger partial charge >= 0.3 is 0 Å². The van der Waals surface area contributed by atoms with Gasteiger partial charge in [0.15, 0.2) is 0 Å². The van der Waals surface area contributed by atoms with E-state index in [0.29, 0.717) is 31.3 Å². The molecule has 1 aliphatic heterocycles. The second kappa shape index (κ2) is 6.76. The van der Waals surface area contributed by atoms with Gasteiger partial charge in [0.05, 0.1) is 18.5 Å². The third-order valence-electron chi connectivity index (χ3n) is 4.24. The Morgan fingerprint density at radius 2 is 2.04 bits per heavy atom. The summed E-state index contributed by atoms with van der Waals surface area (Å²) in [7, 11) is 0. The third kappa shape index (κ3) is 3.38. The van der Waals surface area contributed by atoms with Crippen LogP contribution in [-0.4, -0.2) is 45.7 Å². The number of carbonyl (C=O) groups is 1. The van der Waals surface area contributed by atoms with Gasteiger partial charge in [-0.05, 0) is 18.2 Å². The van der Waals surface area contributed by atoms with E-state index >= 15 is 0 Å². The number of hydrogen-bond donors (Lipinski definition) is 1. The van der Waals surface area contributed by atoms with Crippen LogP contribution in [0.5, 0.6) is 5.75 Å². The van der Waals surface area contributed by atoms with Crippen LogP contribution in [0.25, 0.3) is 11.3 Å². The van der Waals surface area contributed by atoms with Crippen molar-refractivity contribution in [1.82, 2.24) is 20.1 Å². The van der Waals surface area contributed by atoms with Gasteiger partial charge in [-0.2, -0.15) is 5.10 Å². The Morgan fingerprint density at radius 1 is 1.20 bits per heavy atom. The van der Waals surface area contributed by atoms with Gasteiger partial charge in [0.2, 0.25) is 0 Å². The Kier molecular flexibility index (Phi) is 4.16. The number of likely N-dealkylation sites (tertiary alicyclic amines) is 1. The molecule has 126 valence electrons. The van der Waals surface area contributed by atoms with Crippen molar-refractivity contribution >= 4 is 5.91 Å². The highest BCUT2D eigenvalue weighted by atomic mass is 16.5. The number of rotatable bonds is 5. The molecule has 6 heteroatoms. The molecule has 3 aromatic rings. The van der Waals surface area contributed by atoms with E-state index in [-0.39, 0.29) is 5.91 Å². The van der Waals surface area contributed by atoms with Crippen molar-refractivity contribution in [1.29, 1.82) is 0 Å². The molecular formula is C19H18N4O2. The molecule has 0 bridgehead atoms. The Labute approximate surface area is 145 Å². The van der Waals surface area contributed by atoms with E-state index in [1.165, 1.54) is 0 Å². The van der Waals surface area contributed by atoms with E-state index in [1.54, 1.807) is 23.4 Å². The summed E-state index contributed by atoms with van der Waals surface area (Å²) in [6.07, 6.45) is 3.40. The summed E-state index contributed by atoms with van der Waals surface area (Å²) >= 11 is 0. The monoisotopic (exact) mass is 334 g/mol. The Bertz CT molecular complexity index is 842. The molecule has 0 radical (unpaired) electrons. The SMILES string of the molecule is O=C(c1cc(-c2ccccc2)n[nH]1)N1CC(COc2cccnc2)C1. The summed E-state index contributed by atoms with van der Waals surface area (Å²) in [4.78, 5) is 18.3. The average molecular weight is 334 g/mol. The van der Waals surface area contributed by atoms with Crippen molar-refractivity contribution in [3.63, 3.8) is 0 Å². The minimum atomic E-state index is -0.0210. The van der Waals surface area contributed by atoms with Crippen molar-refractivity contribution in [2.24, 2.45) is 5.92 Å². The molecule has 1 aliphatic rings. The standard InChI is InChI=1S/C19H18N4O2/c24-19(18-9-17(21-22-18)15-5-2-1-3-6-15)23-11-14(12-23)13-25-16-7-4-8-20-10-16/h1-10,14H,11-13H2,(H,21,22). The van der Waals surface area contributed by atoms with Crippen molar-refractivity contribution in [3.8, 4) is 17.0 Å². The maximum Gasteiger partial charge on any atom is 0.271 e. The van der Waals surface area contributed by atoms with E-state index in [1.807, 2.05) is 42.5 Å². The van der Waals surface area contributed by atoms with Gasteiger partial charge in [-0.1, -0.05) is 30.3 Å². The summed E-state index contributed by atoms with van der Waals surface area (Å²) < 4.78 is 5.69. The van der Waals surface area contributed by atoms with E-state index < -0.39 is 0 Å². The molecule has 1 saturated heterocycles. The summed E-state index contributed by atoms with van der Waals surface area (Å²) in [5.41, 5.74) is 2.29. The van der Waals surface area contributed by atoms with Gasteiger partial charge in [-0.3, -0.25) is 14.9 Å². The average Bonchev–Trinajstić information content (AvgIpc) is 3.12. The summed E-state index contributed by atoms with van der Waals surface area (Å²) in [5.74, 6) is 1.08. The number of aromatic amines is 1. The number of benzene rings is 1. The third-order valence-corrected chi connectivity index (χ3v) is 4.24. The molecule has 1 amide bonds. The zero-order valence-corrected chi connectivity index (χ0v) is 13.6. The lowest BCUT2D eigenvalue weighted by Crippen LogP contribution is -2.52. The molecule has 1 aromatic carbocycles. The first-order chi connectivity index (χ1) is 12.3. The predicted molar refractivity (Wildman–Crippen MR) is 93.1 cm³/mol. The van der Waals surface area contributed by atoms with Crippen LogP contribution in [0.15, 0.2) is 60.9 Å². The minimum Gasteiger partial charge on any atom is -0.492 e. The van der Waals surface area contributed by atoms with Crippen LogP contribution in [0.4, 0.5) is 0 Å². The fourth-order valence-electron chi connectivity index (χ4n) is 2.85. The Balaban J connectivity index is 1.31. The van der Waals surface area contributed by atoms with Gasteiger partial charge in [0.1, 0.15) is 11.4 Å². The smallest absolute Gasteiger partial charge is 0.271 e. The predicted octanol–water partition coefficient (Wildman–Crippen LogP) is 2.62. The van der Waals surface area contributed by atoms with Crippen LogP contribution >= 0.6 is 0 Å². The summed E-state index contributed by atoms with van der Waals surface area (Å²) in [6, 6.07) is 15.3. The fraction of sp³-hybridized carbons (Fsp3) is 0.211. The summed E-state index contributed by atoms with van der Waals surface area (Å²) in [6.45, 7) is 1.98. The van der Waals surface area contributed by atoms with E-state index in [9.17, 15) is 4.79 Å². The first-order valence-corrected chi connectivity index (χ1v) is 8.22. The summed E-state index contributed by atoms with van der Waals surface area (Å²) in [5, 5.41) is 7.08. The molecule has 0 spiro atoms. The number of nitrogens with zero attached hydrogens (tertiary/aromatic N) is 3. The molecule has 0 aliphatic carbocycles. The normalized spacial score (nSPS) is 14.2. The van der Waals surface area contributed by atoms with Gasteiger partial charge in [-0.25, -0.2) is 0 Å². The molecule has 0 saturated carbocycles. The number of H-pyrrole nitrogens is 1. The van der Waals surface area contributed by atoms with E-state index in [4.69, 9.17) is 4.74 Å².